The van der Waals surface area contributed by atoms with E-state index >= 15 is 0 Å². The first-order valence-electron chi connectivity index (χ1n) is 4.37. The summed E-state index contributed by atoms with van der Waals surface area (Å²) in [5, 5.41) is 2.03. The number of primary amides is 1. The van der Waals surface area contributed by atoms with Crippen molar-refractivity contribution in [2.45, 2.75) is 33.1 Å². The molecule has 0 saturated heterocycles. The average Bonchev–Trinajstić information content (AvgIpc) is 2.04. The first-order chi connectivity index (χ1) is 6.11. The molecular formula is C9H16N2O2. The molecule has 0 aromatic carbocycles. The monoisotopic (exact) mass is 184 g/mol. The lowest BCUT2D eigenvalue weighted by atomic mass is 10.1. The third kappa shape index (κ3) is 5.00. The van der Waals surface area contributed by atoms with Gasteiger partial charge in [-0.25, -0.2) is 4.79 Å². The van der Waals surface area contributed by atoms with Crippen LogP contribution in [0.1, 0.15) is 33.1 Å². The van der Waals surface area contributed by atoms with Gasteiger partial charge >= 0.3 is 6.03 Å². The van der Waals surface area contributed by atoms with E-state index in [0.29, 0.717) is 12.0 Å². The summed E-state index contributed by atoms with van der Waals surface area (Å²) >= 11 is 0. The summed E-state index contributed by atoms with van der Waals surface area (Å²) in [5.41, 5.74) is 5.43. The Bertz CT molecular complexity index is 222. The Kier molecular flexibility index (Phi) is 5.59. The second-order valence-corrected chi connectivity index (χ2v) is 2.74. The Hall–Kier alpha value is -1.32. The molecule has 3 N–H and O–H groups in total. The number of carbonyl (C=O) groups excluding carboxylic acids is 2. The smallest absolute Gasteiger partial charge is 0.319 e. The summed E-state index contributed by atoms with van der Waals surface area (Å²) in [4.78, 5) is 21.6. The Balaban J connectivity index is 4.09. The molecule has 0 unspecified atom stereocenters. The Labute approximate surface area is 78.2 Å². The van der Waals surface area contributed by atoms with Crippen LogP contribution < -0.4 is 11.1 Å². The maximum Gasteiger partial charge on any atom is 0.319 e. The van der Waals surface area contributed by atoms with Gasteiger partial charge in [0.1, 0.15) is 0 Å². The summed E-state index contributed by atoms with van der Waals surface area (Å²) in [6.07, 6.45) is 4.34. The number of hydrogen-bond donors (Lipinski definition) is 2. The first-order valence-corrected chi connectivity index (χ1v) is 4.37. The third-order valence-electron chi connectivity index (χ3n) is 1.68. The number of carbonyl (C=O) groups is 2. The molecule has 0 aliphatic heterocycles. The summed E-state index contributed by atoms with van der Waals surface area (Å²) < 4.78 is 0. The van der Waals surface area contributed by atoms with Crippen LogP contribution >= 0.6 is 0 Å². The molecular weight excluding hydrogens is 168 g/mol. The number of nitrogens with two attached hydrogens (primary N) is 1. The fourth-order valence-electron chi connectivity index (χ4n) is 0.948. The number of rotatable bonds is 4. The van der Waals surface area contributed by atoms with Gasteiger partial charge < -0.3 is 5.73 Å². The topological polar surface area (TPSA) is 72.2 Å². The Morgan fingerprint density at radius 2 is 2.08 bits per heavy atom. The molecule has 0 radical (unpaired) electrons. The number of hydrogen-bond acceptors (Lipinski definition) is 2. The first kappa shape index (κ1) is 11.7. The quantitative estimate of drug-likeness (QED) is 0.647. The van der Waals surface area contributed by atoms with E-state index in [1.54, 1.807) is 13.0 Å². The molecule has 0 saturated carbocycles. The van der Waals surface area contributed by atoms with Gasteiger partial charge in [-0.15, -0.1) is 0 Å². The lowest BCUT2D eigenvalue weighted by Gasteiger charge is -2.04. The van der Waals surface area contributed by atoms with Gasteiger partial charge in [0.05, 0.1) is 0 Å². The fraction of sp³-hybridized carbons (Fsp3) is 0.556. The molecule has 0 aromatic heterocycles. The molecule has 0 aromatic rings. The normalized spacial score (nSPS) is 11.1. The predicted octanol–water partition coefficient (Wildman–Crippen LogP) is 1.32. The summed E-state index contributed by atoms with van der Waals surface area (Å²) in [6, 6.07) is -0.805. The fourth-order valence-corrected chi connectivity index (χ4v) is 0.948. The van der Waals surface area contributed by atoms with Crippen LogP contribution in [0, 0.1) is 0 Å². The Morgan fingerprint density at radius 3 is 2.46 bits per heavy atom. The van der Waals surface area contributed by atoms with Gasteiger partial charge in [-0.3, -0.25) is 10.1 Å². The molecule has 13 heavy (non-hydrogen) atoms. The van der Waals surface area contributed by atoms with E-state index in [0.717, 1.165) is 12.8 Å². The zero-order valence-corrected chi connectivity index (χ0v) is 8.09. The minimum Gasteiger partial charge on any atom is -0.351 e. The lowest BCUT2D eigenvalue weighted by Crippen LogP contribution is -2.35. The van der Waals surface area contributed by atoms with E-state index in [9.17, 15) is 9.59 Å². The summed E-state index contributed by atoms with van der Waals surface area (Å²) in [7, 11) is 0. The van der Waals surface area contributed by atoms with Crippen molar-refractivity contribution >= 4 is 11.9 Å². The van der Waals surface area contributed by atoms with E-state index in [-0.39, 0.29) is 5.91 Å². The molecule has 74 valence electrons. The van der Waals surface area contributed by atoms with Crippen molar-refractivity contribution in [3.8, 4) is 0 Å². The van der Waals surface area contributed by atoms with Crippen LogP contribution in [-0.4, -0.2) is 11.9 Å². The molecule has 0 bridgehead atoms. The molecule has 0 heterocycles. The third-order valence-corrected chi connectivity index (χ3v) is 1.68. The standard InChI is InChI=1S/C9H16N2O2/c1-3-5-6-7(4-2)8(12)11-9(10)13/h4H,3,5-6H2,1-2H3,(H3,10,11,12,13). The molecule has 0 rings (SSSR count). The van der Waals surface area contributed by atoms with Gasteiger partial charge in [0.25, 0.3) is 5.91 Å². The number of nitrogens with one attached hydrogen (secondary N) is 1. The van der Waals surface area contributed by atoms with E-state index in [1.807, 2.05) is 12.2 Å². The van der Waals surface area contributed by atoms with E-state index in [2.05, 4.69) is 0 Å². The Morgan fingerprint density at radius 1 is 1.46 bits per heavy atom. The van der Waals surface area contributed by atoms with E-state index < -0.39 is 6.03 Å². The number of unbranched alkanes of at least 4 members (excludes halogenated alkanes) is 1. The maximum absolute atomic E-state index is 11.2. The van der Waals surface area contributed by atoms with Crippen molar-refractivity contribution in [1.82, 2.24) is 5.32 Å². The van der Waals surface area contributed by atoms with Gasteiger partial charge in [-0.2, -0.15) is 0 Å². The number of allylic oxidation sites excluding steroid dienone is 1. The van der Waals surface area contributed by atoms with Crippen molar-refractivity contribution in [3.05, 3.63) is 11.6 Å². The molecule has 4 nitrogen and oxygen atoms in total. The van der Waals surface area contributed by atoms with Crippen LogP contribution in [0.2, 0.25) is 0 Å². The van der Waals surface area contributed by atoms with Crippen LogP contribution in [0.15, 0.2) is 11.6 Å². The summed E-state index contributed by atoms with van der Waals surface area (Å²) in [6.45, 7) is 3.81. The van der Waals surface area contributed by atoms with Crippen molar-refractivity contribution in [2.75, 3.05) is 0 Å². The molecule has 0 spiro atoms. The molecule has 0 aliphatic carbocycles. The van der Waals surface area contributed by atoms with Gasteiger partial charge in [-0.05, 0) is 19.8 Å². The average molecular weight is 184 g/mol. The van der Waals surface area contributed by atoms with Crippen molar-refractivity contribution in [2.24, 2.45) is 5.73 Å². The molecule has 0 aliphatic rings. The zero-order chi connectivity index (χ0) is 10.3. The second kappa shape index (κ2) is 6.22. The number of urea groups is 1. The van der Waals surface area contributed by atoms with E-state index in [4.69, 9.17) is 5.73 Å². The minimum atomic E-state index is -0.805. The molecule has 4 heteroatoms. The van der Waals surface area contributed by atoms with Gasteiger partial charge in [0.2, 0.25) is 0 Å². The van der Waals surface area contributed by atoms with Crippen LogP contribution in [0.5, 0.6) is 0 Å². The SMILES string of the molecule is CC=C(CCCC)C(=O)NC(N)=O. The highest BCUT2D eigenvalue weighted by atomic mass is 16.2. The highest BCUT2D eigenvalue weighted by Gasteiger charge is 2.08. The maximum atomic E-state index is 11.2. The largest absolute Gasteiger partial charge is 0.351 e. The van der Waals surface area contributed by atoms with Gasteiger partial charge in [0, 0.05) is 5.57 Å². The summed E-state index contributed by atoms with van der Waals surface area (Å²) in [5.74, 6) is -0.386. The van der Waals surface area contributed by atoms with Crippen LogP contribution in [0.4, 0.5) is 4.79 Å². The minimum absolute atomic E-state index is 0.386. The van der Waals surface area contributed by atoms with Crippen molar-refractivity contribution in [3.63, 3.8) is 0 Å². The molecule has 0 fully saturated rings. The van der Waals surface area contributed by atoms with Crippen LogP contribution in [-0.2, 0) is 4.79 Å². The molecule has 3 amide bonds. The van der Waals surface area contributed by atoms with Crippen LogP contribution in [0.3, 0.4) is 0 Å². The highest BCUT2D eigenvalue weighted by Crippen LogP contribution is 2.06. The second-order valence-electron chi connectivity index (χ2n) is 2.74. The van der Waals surface area contributed by atoms with E-state index in [1.165, 1.54) is 0 Å². The van der Waals surface area contributed by atoms with Gasteiger partial charge in [0.15, 0.2) is 0 Å². The van der Waals surface area contributed by atoms with Crippen molar-refractivity contribution in [1.29, 1.82) is 0 Å². The number of imide groups is 1. The highest BCUT2D eigenvalue weighted by molar-refractivity contribution is 6.03. The predicted molar refractivity (Wildman–Crippen MR) is 51.0 cm³/mol. The molecule has 0 atom stereocenters. The lowest BCUT2D eigenvalue weighted by molar-refractivity contribution is -0.116. The zero-order valence-electron chi connectivity index (χ0n) is 8.09. The van der Waals surface area contributed by atoms with Gasteiger partial charge in [-0.1, -0.05) is 19.4 Å². The van der Waals surface area contributed by atoms with Crippen molar-refractivity contribution < 1.29 is 9.59 Å². The number of amides is 3. The van der Waals surface area contributed by atoms with Crippen LogP contribution in [0.25, 0.3) is 0 Å².